The van der Waals surface area contributed by atoms with Crippen molar-refractivity contribution in [2.24, 2.45) is 0 Å². The summed E-state index contributed by atoms with van der Waals surface area (Å²) in [5.41, 5.74) is 1.04. The molecule has 2 aromatic rings. The lowest BCUT2D eigenvalue weighted by molar-refractivity contribution is -0.140. The first-order valence-electron chi connectivity index (χ1n) is 11.8. The van der Waals surface area contributed by atoms with Crippen LogP contribution in [0.5, 0.6) is 11.5 Å². The van der Waals surface area contributed by atoms with Crippen LogP contribution in [0.2, 0.25) is 5.02 Å². The molecule has 1 amide bonds. The number of halogens is 1. The van der Waals surface area contributed by atoms with Crippen molar-refractivity contribution in [3.05, 3.63) is 64.2 Å². The predicted molar refractivity (Wildman–Crippen MR) is 137 cm³/mol. The quantitative estimate of drug-likeness (QED) is 0.284. The third-order valence-corrected chi connectivity index (χ3v) is 6.36. The monoisotopic (exact) mass is 500 g/mol. The molecular formula is C27H33ClN2O5. The molecule has 8 heteroatoms. The summed E-state index contributed by atoms with van der Waals surface area (Å²) < 4.78 is 11.0. The number of methoxy groups -OCH3 is 1. The van der Waals surface area contributed by atoms with E-state index in [2.05, 4.69) is 18.7 Å². The Kier molecular flexibility index (Phi) is 8.81. The smallest absolute Gasteiger partial charge is 0.295 e. The number of carbonyl (C=O) groups is 2. The van der Waals surface area contributed by atoms with Crippen LogP contribution in [0.15, 0.2) is 48.0 Å². The van der Waals surface area contributed by atoms with Gasteiger partial charge in [0.2, 0.25) is 0 Å². The van der Waals surface area contributed by atoms with E-state index in [-0.39, 0.29) is 22.5 Å². The Labute approximate surface area is 211 Å². The molecule has 1 aliphatic heterocycles. The number of likely N-dealkylation sites (N-methyl/N-ethyl adjacent to an activating group) is 1. The first-order valence-corrected chi connectivity index (χ1v) is 12.2. The number of amides is 1. The summed E-state index contributed by atoms with van der Waals surface area (Å²) in [5, 5.41) is 11.6. The van der Waals surface area contributed by atoms with Gasteiger partial charge >= 0.3 is 0 Å². The molecule has 1 aliphatic rings. The number of rotatable bonds is 10. The molecule has 1 N–H and O–H groups in total. The molecule has 2 aromatic carbocycles. The van der Waals surface area contributed by atoms with Crippen molar-refractivity contribution in [2.45, 2.75) is 39.8 Å². The average molecular weight is 501 g/mol. The van der Waals surface area contributed by atoms with Crippen LogP contribution in [0.1, 0.15) is 44.9 Å². The molecule has 0 bridgehead atoms. The van der Waals surface area contributed by atoms with Gasteiger partial charge in [0.05, 0.1) is 29.9 Å². The lowest BCUT2D eigenvalue weighted by Crippen LogP contribution is -2.38. The van der Waals surface area contributed by atoms with E-state index in [0.29, 0.717) is 35.7 Å². The van der Waals surface area contributed by atoms with E-state index in [0.717, 1.165) is 13.1 Å². The van der Waals surface area contributed by atoms with Crippen molar-refractivity contribution in [3.8, 4) is 11.5 Å². The zero-order valence-electron chi connectivity index (χ0n) is 20.9. The van der Waals surface area contributed by atoms with Gasteiger partial charge in [-0.1, -0.05) is 37.6 Å². The second-order valence-electron chi connectivity index (χ2n) is 8.61. The van der Waals surface area contributed by atoms with Gasteiger partial charge in [0.15, 0.2) is 0 Å². The first-order chi connectivity index (χ1) is 16.7. The van der Waals surface area contributed by atoms with Crippen molar-refractivity contribution >= 4 is 29.1 Å². The normalized spacial score (nSPS) is 17.5. The number of ketones is 1. The van der Waals surface area contributed by atoms with Gasteiger partial charge < -0.3 is 24.4 Å². The molecule has 1 unspecified atom stereocenters. The third-order valence-electron chi connectivity index (χ3n) is 6.06. The minimum Gasteiger partial charge on any atom is -0.507 e. The molecule has 1 atom stereocenters. The number of aliphatic hydroxyl groups excluding tert-OH is 1. The summed E-state index contributed by atoms with van der Waals surface area (Å²) >= 11 is 6.27. The van der Waals surface area contributed by atoms with Gasteiger partial charge in [-0.25, -0.2) is 0 Å². The maximum absolute atomic E-state index is 13.3. The highest BCUT2D eigenvalue weighted by atomic mass is 35.5. The topological polar surface area (TPSA) is 79.3 Å². The van der Waals surface area contributed by atoms with Gasteiger partial charge in [0, 0.05) is 18.7 Å². The zero-order chi connectivity index (χ0) is 25.7. The second-order valence-corrected chi connectivity index (χ2v) is 9.01. The first kappa shape index (κ1) is 26.6. The van der Waals surface area contributed by atoms with E-state index in [4.69, 9.17) is 21.1 Å². The molecule has 0 aromatic heterocycles. The van der Waals surface area contributed by atoms with Crippen molar-refractivity contribution < 1.29 is 24.2 Å². The SMILES string of the molecule is CCN(CC)CCN1C(=O)C(=O)/C(=C(/O)c2ccc(OC)c(Cl)c2)C1c1cccc(OC(C)C)c1. The van der Waals surface area contributed by atoms with Crippen LogP contribution in [-0.2, 0) is 9.59 Å². The van der Waals surface area contributed by atoms with Gasteiger partial charge in [0.1, 0.15) is 17.3 Å². The van der Waals surface area contributed by atoms with Crippen LogP contribution in [0, 0.1) is 0 Å². The van der Waals surface area contributed by atoms with Gasteiger partial charge in [-0.15, -0.1) is 0 Å². The maximum Gasteiger partial charge on any atom is 0.295 e. The van der Waals surface area contributed by atoms with E-state index < -0.39 is 17.7 Å². The lowest BCUT2D eigenvalue weighted by Gasteiger charge is -2.28. The number of hydrogen-bond acceptors (Lipinski definition) is 6. The van der Waals surface area contributed by atoms with Gasteiger partial charge in [-0.2, -0.15) is 0 Å². The number of carbonyl (C=O) groups excluding carboxylic acids is 2. The highest BCUT2D eigenvalue weighted by Crippen LogP contribution is 2.41. The Morgan fingerprint density at radius 2 is 1.86 bits per heavy atom. The summed E-state index contributed by atoms with van der Waals surface area (Å²) in [6, 6.07) is 11.3. The highest BCUT2D eigenvalue weighted by molar-refractivity contribution is 6.46. The highest BCUT2D eigenvalue weighted by Gasteiger charge is 2.46. The standard InChI is InChI=1S/C27H33ClN2O5/c1-6-29(7-2)13-14-30-24(18-9-8-10-20(15-18)35-17(3)4)23(26(32)27(30)33)25(31)19-11-12-22(34-5)21(28)16-19/h8-12,15-17,24,31H,6-7,13-14H2,1-5H3/b25-23+. The molecular weight excluding hydrogens is 468 g/mol. The Hall–Kier alpha value is -3.03. The number of Topliss-reactive ketones (excluding diaryl/α,β-unsaturated/α-hetero) is 1. The number of nitrogens with zero attached hydrogens (tertiary/aromatic N) is 2. The van der Waals surface area contributed by atoms with E-state index in [9.17, 15) is 14.7 Å². The number of likely N-dealkylation sites (tertiary alicyclic amines) is 1. The van der Waals surface area contributed by atoms with Gasteiger partial charge in [-0.3, -0.25) is 9.59 Å². The third kappa shape index (κ3) is 5.80. The molecule has 1 saturated heterocycles. The van der Waals surface area contributed by atoms with Crippen LogP contribution >= 0.6 is 11.6 Å². The van der Waals surface area contributed by atoms with Crippen molar-refractivity contribution in [1.29, 1.82) is 0 Å². The Morgan fingerprint density at radius 3 is 2.46 bits per heavy atom. The second kappa shape index (κ2) is 11.6. The van der Waals surface area contributed by atoms with E-state index in [1.165, 1.54) is 18.1 Å². The molecule has 188 valence electrons. The zero-order valence-corrected chi connectivity index (χ0v) is 21.6. The molecule has 0 aliphatic carbocycles. The molecule has 3 rings (SSSR count). The molecule has 0 radical (unpaired) electrons. The maximum atomic E-state index is 13.3. The average Bonchev–Trinajstić information content (AvgIpc) is 3.09. The van der Waals surface area contributed by atoms with Gasteiger partial charge in [-0.05, 0) is 62.8 Å². The lowest BCUT2D eigenvalue weighted by atomic mass is 9.95. The van der Waals surface area contributed by atoms with Crippen LogP contribution < -0.4 is 9.47 Å². The summed E-state index contributed by atoms with van der Waals surface area (Å²) in [5.74, 6) is -0.580. The fourth-order valence-corrected chi connectivity index (χ4v) is 4.50. The van der Waals surface area contributed by atoms with E-state index in [1.54, 1.807) is 12.1 Å². The fourth-order valence-electron chi connectivity index (χ4n) is 4.25. The van der Waals surface area contributed by atoms with Crippen LogP contribution in [-0.4, -0.2) is 66.0 Å². The van der Waals surface area contributed by atoms with E-state index in [1.807, 2.05) is 38.1 Å². The van der Waals surface area contributed by atoms with E-state index >= 15 is 0 Å². The minimum atomic E-state index is -0.762. The summed E-state index contributed by atoms with van der Waals surface area (Å²) in [6.45, 7) is 10.6. The van der Waals surface area contributed by atoms with Crippen LogP contribution in [0.4, 0.5) is 0 Å². The summed E-state index contributed by atoms with van der Waals surface area (Å²) in [6.07, 6.45) is -0.0410. The Bertz CT molecular complexity index is 1110. The molecule has 1 heterocycles. The Morgan fingerprint density at radius 1 is 1.14 bits per heavy atom. The molecule has 1 fully saturated rings. The summed E-state index contributed by atoms with van der Waals surface area (Å²) in [4.78, 5) is 30.2. The number of ether oxygens (including phenoxy) is 2. The predicted octanol–water partition coefficient (Wildman–Crippen LogP) is 4.90. The van der Waals surface area contributed by atoms with Crippen molar-refractivity contribution in [2.75, 3.05) is 33.3 Å². The number of hydrogen-bond donors (Lipinski definition) is 1. The van der Waals surface area contributed by atoms with Crippen LogP contribution in [0.3, 0.4) is 0 Å². The van der Waals surface area contributed by atoms with Gasteiger partial charge in [0.25, 0.3) is 11.7 Å². The molecule has 35 heavy (non-hydrogen) atoms. The fraction of sp³-hybridized carbons (Fsp3) is 0.407. The summed E-state index contributed by atoms with van der Waals surface area (Å²) in [7, 11) is 1.49. The molecule has 0 saturated carbocycles. The largest absolute Gasteiger partial charge is 0.507 e. The molecule has 0 spiro atoms. The Balaban J connectivity index is 2.13. The number of benzene rings is 2. The number of aliphatic hydroxyl groups is 1. The van der Waals surface area contributed by atoms with Crippen molar-refractivity contribution in [1.82, 2.24) is 9.80 Å². The van der Waals surface area contributed by atoms with Crippen molar-refractivity contribution in [3.63, 3.8) is 0 Å². The van der Waals surface area contributed by atoms with Crippen LogP contribution in [0.25, 0.3) is 5.76 Å². The molecule has 7 nitrogen and oxygen atoms in total. The minimum absolute atomic E-state index is 0.0254.